The molecule has 0 bridgehead atoms. The Morgan fingerprint density at radius 3 is 2.79 bits per heavy atom. The number of aromatic nitrogens is 2. The van der Waals surface area contributed by atoms with Crippen molar-refractivity contribution in [1.29, 1.82) is 0 Å². The lowest BCUT2D eigenvalue weighted by Gasteiger charge is -2.24. The lowest BCUT2D eigenvalue weighted by molar-refractivity contribution is 0.161. The molecule has 1 aliphatic carbocycles. The molecule has 2 heterocycles. The zero-order valence-corrected chi connectivity index (χ0v) is 11.7. The van der Waals surface area contributed by atoms with Crippen LogP contribution in [-0.2, 0) is 12.8 Å². The number of hydrogen-bond donors (Lipinski definition) is 1. The van der Waals surface area contributed by atoms with E-state index in [1.807, 2.05) is 0 Å². The average molecular weight is 261 g/mol. The van der Waals surface area contributed by atoms with Gasteiger partial charge in [-0.05, 0) is 57.4 Å². The van der Waals surface area contributed by atoms with Crippen molar-refractivity contribution >= 4 is 5.95 Å². The van der Waals surface area contributed by atoms with Gasteiger partial charge in [-0.2, -0.15) is 0 Å². The lowest BCUT2D eigenvalue weighted by atomic mass is 9.95. The molecule has 1 aromatic heterocycles. The van der Waals surface area contributed by atoms with E-state index in [0.29, 0.717) is 0 Å². The molecule has 4 nitrogen and oxygen atoms in total. The van der Waals surface area contributed by atoms with Crippen molar-refractivity contribution in [3.05, 3.63) is 17.0 Å². The first kappa shape index (κ1) is 12.9. The SMILES string of the molecule is Cc1nc(N2CCC[C@@H](O)CC2)nc2c1CCCC2. The molecule has 1 N–H and O–H groups in total. The third kappa shape index (κ3) is 2.73. The fraction of sp³-hybridized carbons (Fsp3) is 0.733. The molecule has 0 spiro atoms. The highest BCUT2D eigenvalue weighted by Gasteiger charge is 2.20. The summed E-state index contributed by atoms with van der Waals surface area (Å²) in [5, 5.41) is 9.73. The van der Waals surface area contributed by atoms with Gasteiger partial charge < -0.3 is 10.0 Å². The highest BCUT2D eigenvalue weighted by atomic mass is 16.3. The van der Waals surface area contributed by atoms with Gasteiger partial charge in [-0.3, -0.25) is 0 Å². The predicted octanol–water partition coefficient (Wildman–Crippen LogP) is 2.02. The van der Waals surface area contributed by atoms with Crippen LogP contribution in [0.25, 0.3) is 0 Å². The van der Waals surface area contributed by atoms with Crippen molar-refractivity contribution in [2.24, 2.45) is 0 Å². The third-order valence-corrected chi connectivity index (χ3v) is 4.36. The van der Waals surface area contributed by atoms with E-state index in [0.717, 1.165) is 56.8 Å². The van der Waals surface area contributed by atoms with Crippen LogP contribution in [0.15, 0.2) is 0 Å². The van der Waals surface area contributed by atoms with Gasteiger partial charge in [0.2, 0.25) is 5.95 Å². The van der Waals surface area contributed by atoms with Crippen LogP contribution in [-0.4, -0.2) is 34.3 Å². The second-order valence-electron chi connectivity index (χ2n) is 5.81. The normalized spacial score (nSPS) is 23.9. The molecule has 1 aromatic rings. The van der Waals surface area contributed by atoms with Gasteiger partial charge in [-0.25, -0.2) is 9.97 Å². The van der Waals surface area contributed by atoms with E-state index in [1.54, 1.807) is 0 Å². The number of anilines is 1. The fourth-order valence-electron chi connectivity index (χ4n) is 3.19. The first-order valence-electron chi connectivity index (χ1n) is 7.53. The predicted molar refractivity (Wildman–Crippen MR) is 75.5 cm³/mol. The van der Waals surface area contributed by atoms with E-state index in [2.05, 4.69) is 11.8 Å². The summed E-state index contributed by atoms with van der Waals surface area (Å²) in [6, 6.07) is 0. The van der Waals surface area contributed by atoms with Crippen molar-refractivity contribution in [2.75, 3.05) is 18.0 Å². The van der Waals surface area contributed by atoms with Crippen molar-refractivity contribution in [2.45, 2.75) is 58.0 Å². The smallest absolute Gasteiger partial charge is 0.225 e. The first-order chi connectivity index (χ1) is 9.24. The van der Waals surface area contributed by atoms with Crippen LogP contribution in [0.1, 0.15) is 49.1 Å². The Kier molecular flexibility index (Phi) is 3.69. The molecule has 1 atom stereocenters. The maximum atomic E-state index is 9.73. The molecule has 19 heavy (non-hydrogen) atoms. The topological polar surface area (TPSA) is 49.2 Å². The Morgan fingerprint density at radius 2 is 1.89 bits per heavy atom. The van der Waals surface area contributed by atoms with E-state index in [1.165, 1.54) is 24.1 Å². The Bertz CT molecular complexity index is 461. The minimum Gasteiger partial charge on any atom is -0.393 e. The van der Waals surface area contributed by atoms with Crippen LogP contribution < -0.4 is 4.90 Å². The summed E-state index contributed by atoms with van der Waals surface area (Å²) >= 11 is 0. The Hall–Kier alpha value is -1.16. The van der Waals surface area contributed by atoms with Gasteiger partial charge >= 0.3 is 0 Å². The zero-order chi connectivity index (χ0) is 13.2. The second-order valence-corrected chi connectivity index (χ2v) is 5.81. The van der Waals surface area contributed by atoms with Crippen molar-refractivity contribution in [3.63, 3.8) is 0 Å². The third-order valence-electron chi connectivity index (χ3n) is 4.36. The average Bonchev–Trinajstić information content (AvgIpc) is 2.63. The van der Waals surface area contributed by atoms with Crippen molar-refractivity contribution < 1.29 is 5.11 Å². The maximum Gasteiger partial charge on any atom is 0.225 e. The van der Waals surface area contributed by atoms with Gasteiger partial charge in [-0.15, -0.1) is 0 Å². The molecule has 2 aliphatic rings. The Labute approximate surface area is 114 Å². The van der Waals surface area contributed by atoms with Crippen LogP contribution in [0, 0.1) is 6.92 Å². The van der Waals surface area contributed by atoms with Gasteiger partial charge in [0.25, 0.3) is 0 Å². The molecule has 0 radical (unpaired) electrons. The Morgan fingerprint density at radius 1 is 1.05 bits per heavy atom. The Balaban J connectivity index is 1.86. The number of aliphatic hydroxyl groups is 1. The van der Waals surface area contributed by atoms with Crippen LogP contribution in [0.2, 0.25) is 0 Å². The molecular formula is C15H23N3O. The second kappa shape index (κ2) is 5.45. The van der Waals surface area contributed by atoms with Crippen LogP contribution in [0.5, 0.6) is 0 Å². The minimum absolute atomic E-state index is 0.149. The summed E-state index contributed by atoms with van der Waals surface area (Å²) in [4.78, 5) is 11.8. The molecule has 0 aromatic carbocycles. The molecule has 1 fully saturated rings. The van der Waals surface area contributed by atoms with Gasteiger partial charge in [0.1, 0.15) is 0 Å². The summed E-state index contributed by atoms with van der Waals surface area (Å²) < 4.78 is 0. The molecule has 1 aliphatic heterocycles. The molecule has 4 heteroatoms. The highest BCUT2D eigenvalue weighted by Crippen LogP contribution is 2.25. The van der Waals surface area contributed by atoms with E-state index < -0.39 is 0 Å². The largest absolute Gasteiger partial charge is 0.393 e. The molecular weight excluding hydrogens is 238 g/mol. The van der Waals surface area contributed by atoms with Gasteiger partial charge in [-0.1, -0.05) is 0 Å². The number of hydrogen-bond acceptors (Lipinski definition) is 4. The van der Waals surface area contributed by atoms with E-state index in [4.69, 9.17) is 9.97 Å². The number of rotatable bonds is 1. The number of nitrogens with zero attached hydrogens (tertiary/aromatic N) is 3. The van der Waals surface area contributed by atoms with E-state index in [-0.39, 0.29) is 6.10 Å². The first-order valence-corrected chi connectivity index (χ1v) is 7.53. The monoisotopic (exact) mass is 261 g/mol. The quantitative estimate of drug-likeness (QED) is 0.840. The molecule has 3 rings (SSSR count). The maximum absolute atomic E-state index is 9.73. The van der Waals surface area contributed by atoms with Crippen molar-refractivity contribution in [3.8, 4) is 0 Å². The summed E-state index contributed by atoms with van der Waals surface area (Å²) in [7, 11) is 0. The van der Waals surface area contributed by atoms with Gasteiger partial charge in [0.15, 0.2) is 0 Å². The summed E-state index contributed by atoms with van der Waals surface area (Å²) in [6.45, 7) is 3.96. The van der Waals surface area contributed by atoms with Crippen LogP contribution in [0.3, 0.4) is 0 Å². The fourth-order valence-corrected chi connectivity index (χ4v) is 3.19. The van der Waals surface area contributed by atoms with Gasteiger partial charge in [0, 0.05) is 24.5 Å². The summed E-state index contributed by atoms with van der Waals surface area (Å²) in [5.41, 5.74) is 3.80. The lowest BCUT2D eigenvalue weighted by Crippen LogP contribution is -2.28. The van der Waals surface area contributed by atoms with Crippen molar-refractivity contribution in [1.82, 2.24) is 9.97 Å². The number of aliphatic hydroxyl groups excluding tert-OH is 1. The highest BCUT2D eigenvalue weighted by molar-refractivity contribution is 5.38. The van der Waals surface area contributed by atoms with E-state index in [9.17, 15) is 5.11 Å². The summed E-state index contributed by atoms with van der Waals surface area (Å²) in [5.74, 6) is 0.882. The number of aryl methyl sites for hydroxylation is 2. The molecule has 0 amide bonds. The minimum atomic E-state index is -0.149. The van der Waals surface area contributed by atoms with E-state index >= 15 is 0 Å². The van der Waals surface area contributed by atoms with Gasteiger partial charge in [0.05, 0.1) is 6.10 Å². The van der Waals surface area contributed by atoms with Crippen LogP contribution >= 0.6 is 0 Å². The number of fused-ring (bicyclic) bond motifs is 1. The summed E-state index contributed by atoms with van der Waals surface area (Å²) in [6.07, 6.45) is 7.38. The zero-order valence-electron chi connectivity index (χ0n) is 11.7. The standard InChI is InChI=1S/C15H23N3O/c1-11-13-6-2-3-7-14(13)17-15(16-11)18-9-4-5-12(19)8-10-18/h12,19H,2-10H2,1H3/t12-/m1/s1. The molecule has 104 valence electrons. The molecule has 0 saturated carbocycles. The van der Waals surface area contributed by atoms with Crippen LogP contribution in [0.4, 0.5) is 5.95 Å². The molecule has 1 saturated heterocycles. The molecule has 0 unspecified atom stereocenters.